The lowest BCUT2D eigenvalue weighted by atomic mass is 9.90. The van der Waals surface area contributed by atoms with Crippen molar-refractivity contribution in [1.82, 2.24) is 10.3 Å². The van der Waals surface area contributed by atoms with Gasteiger partial charge < -0.3 is 15.4 Å². The number of alkyl halides is 3. The molecule has 2 heterocycles. The maximum atomic E-state index is 13.3. The summed E-state index contributed by atoms with van der Waals surface area (Å²) in [6.45, 7) is 0.233. The number of pyridine rings is 1. The molecule has 2 aromatic carbocycles. The van der Waals surface area contributed by atoms with Crippen LogP contribution in [0.3, 0.4) is 0 Å². The molecule has 34 heavy (non-hydrogen) atoms. The van der Waals surface area contributed by atoms with E-state index in [1.54, 1.807) is 24.3 Å². The number of aromatic nitrogens is 1. The molecule has 0 spiro atoms. The monoisotopic (exact) mass is 467 g/mol. The zero-order chi connectivity index (χ0) is 23.7. The SMILES string of the molecule is O=C(NC1CCC(Nc2cc(C(F)(F)F)nc3ccccc23)CC1)C1=Cc2ccccc2OC1. The van der Waals surface area contributed by atoms with Gasteiger partial charge in [-0.25, -0.2) is 4.98 Å². The minimum atomic E-state index is -4.51. The molecule has 3 aromatic rings. The van der Waals surface area contributed by atoms with E-state index in [9.17, 15) is 18.0 Å². The molecule has 2 aliphatic rings. The molecule has 0 radical (unpaired) electrons. The number of fused-ring (bicyclic) bond motifs is 2. The van der Waals surface area contributed by atoms with Crippen LogP contribution >= 0.6 is 0 Å². The second kappa shape index (κ2) is 9.00. The lowest BCUT2D eigenvalue weighted by molar-refractivity contribution is -0.140. The highest BCUT2D eigenvalue weighted by Crippen LogP contribution is 2.34. The Morgan fingerprint density at radius 1 is 0.971 bits per heavy atom. The van der Waals surface area contributed by atoms with Crippen molar-refractivity contribution in [1.29, 1.82) is 0 Å². The Kier molecular flexibility index (Phi) is 5.89. The second-order valence-electron chi connectivity index (χ2n) is 8.73. The van der Waals surface area contributed by atoms with Gasteiger partial charge in [-0.15, -0.1) is 0 Å². The average Bonchev–Trinajstić information content (AvgIpc) is 2.84. The molecule has 5 rings (SSSR count). The Hall–Kier alpha value is -3.55. The number of benzene rings is 2. The van der Waals surface area contributed by atoms with Crippen LogP contribution < -0.4 is 15.4 Å². The van der Waals surface area contributed by atoms with E-state index in [1.807, 2.05) is 30.3 Å². The summed E-state index contributed by atoms with van der Waals surface area (Å²) in [5.41, 5.74) is 1.31. The minimum Gasteiger partial charge on any atom is -0.488 e. The van der Waals surface area contributed by atoms with Crippen LogP contribution in [-0.4, -0.2) is 29.6 Å². The molecule has 1 aliphatic heterocycles. The summed E-state index contributed by atoms with van der Waals surface area (Å²) in [7, 11) is 0. The first-order valence-corrected chi connectivity index (χ1v) is 11.3. The molecule has 5 nitrogen and oxygen atoms in total. The van der Waals surface area contributed by atoms with Gasteiger partial charge >= 0.3 is 6.18 Å². The maximum Gasteiger partial charge on any atom is 0.433 e. The van der Waals surface area contributed by atoms with E-state index in [2.05, 4.69) is 15.6 Å². The predicted molar refractivity (Wildman–Crippen MR) is 124 cm³/mol. The van der Waals surface area contributed by atoms with Gasteiger partial charge in [-0.3, -0.25) is 4.79 Å². The van der Waals surface area contributed by atoms with Gasteiger partial charge in [0.15, 0.2) is 0 Å². The van der Waals surface area contributed by atoms with Gasteiger partial charge in [0.1, 0.15) is 18.1 Å². The van der Waals surface area contributed by atoms with Gasteiger partial charge in [0.05, 0.1) is 11.1 Å². The largest absolute Gasteiger partial charge is 0.488 e. The molecule has 1 saturated carbocycles. The molecule has 8 heteroatoms. The number of hydrogen-bond donors (Lipinski definition) is 2. The number of hydrogen-bond acceptors (Lipinski definition) is 4. The second-order valence-corrected chi connectivity index (χ2v) is 8.73. The summed E-state index contributed by atoms with van der Waals surface area (Å²) in [4.78, 5) is 16.5. The van der Waals surface area contributed by atoms with Crippen LogP contribution in [0.1, 0.15) is 36.9 Å². The standard InChI is InChI=1S/C26H24F3N3O2/c27-26(28,29)24-14-22(20-6-2-3-7-21(20)32-24)30-18-9-11-19(12-10-18)31-25(33)17-13-16-5-1-4-8-23(16)34-15-17/h1-8,13-14,18-19H,9-12,15H2,(H,30,32)(H,31,33). The molecule has 1 aromatic heterocycles. The summed E-state index contributed by atoms with van der Waals surface area (Å²) in [6, 6.07) is 15.5. The Balaban J connectivity index is 1.22. The smallest absolute Gasteiger partial charge is 0.433 e. The van der Waals surface area contributed by atoms with E-state index < -0.39 is 11.9 Å². The minimum absolute atomic E-state index is 0.0172. The zero-order valence-electron chi connectivity index (χ0n) is 18.4. The third-order valence-corrected chi connectivity index (χ3v) is 6.35. The van der Waals surface area contributed by atoms with Crippen LogP contribution in [0.25, 0.3) is 17.0 Å². The highest BCUT2D eigenvalue weighted by Gasteiger charge is 2.34. The summed E-state index contributed by atoms with van der Waals surface area (Å²) in [5, 5.41) is 7.05. The van der Waals surface area contributed by atoms with Gasteiger partial charge in [0.2, 0.25) is 0 Å². The van der Waals surface area contributed by atoms with Crippen molar-refractivity contribution in [2.24, 2.45) is 0 Å². The molecule has 0 bridgehead atoms. The Bertz CT molecular complexity index is 1250. The number of anilines is 1. The average molecular weight is 467 g/mol. The molecule has 176 valence electrons. The van der Waals surface area contributed by atoms with Crippen molar-refractivity contribution in [2.45, 2.75) is 43.9 Å². The van der Waals surface area contributed by atoms with Gasteiger partial charge in [-0.2, -0.15) is 13.2 Å². The first-order chi connectivity index (χ1) is 16.4. The van der Waals surface area contributed by atoms with Crippen molar-refractivity contribution >= 4 is 28.6 Å². The third kappa shape index (κ3) is 4.71. The first kappa shape index (κ1) is 22.3. The predicted octanol–water partition coefficient (Wildman–Crippen LogP) is 5.57. The summed E-state index contributed by atoms with van der Waals surface area (Å²) in [5.74, 6) is 0.629. The number of rotatable bonds is 4. The van der Waals surface area contributed by atoms with Crippen molar-refractivity contribution in [2.75, 3.05) is 11.9 Å². The highest BCUT2D eigenvalue weighted by molar-refractivity contribution is 5.99. The number of carbonyl (C=O) groups is 1. The van der Waals surface area contributed by atoms with Crippen molar-refractivity contribution in [3.05, 3.63) is 71.4 Å². The molecule has 0 atom stereocenters. The molecule has 1 amide bonds. The Morgan fingerprint density at radius 3 is 2.47 bits per heavy atom. The number of para-hydroxylation sites is 2. The van der Waals surface area contributed by atoms with Crippen molar-refractivity contribution < 1.29 is 22.7 Å². The maximum absolute atomic E-state index is 13.3. The lowest BCUT2D eigenvalue weighted by Gasteiger charge is -2.31. The highest BCUT2D eigenvalue weighted by atomic mass is 19.4. The van der Waals surface area contributed by atoms with Crippen LogP contribution in [0.15, 0.2) is 60.2 Å². The summed E-state index contributed by atoms with van der Waals surface area (Å²) < 4.78 is 45.7. The van der Waals surface area contributed by atoms with E-state index in [1.165, 1.54) is 0 Å². The van der Waals surface area contributed by atoms with Crippen molar-refractivity contribution in [3.8, 4) is 5.75 Å². The van der Waals surface area contributed by atoms with Gasteiger partial charge in [-0.05, 0) is 50.0 Å². The van der Waals surface area contributed by atoms with E-state index in [-0.39, 0.29) is 24.6 Å². The third-order valence-electron chi connectivity index (χ3n) is 6.35. The Morgan fingerprint density at radius 2 is 1.68 bits per heavy atom. The van der Waals surface area contributed by atoms with Crippen molar-refractivity contribution in [3.63, 3.8) is 0 Å². The van der Waals surface area contributed by atoms with Crippen LogP contribution in [-0.2, 0) is 11.0 Å². The van der Waals surface area contributed by atoms with Crippen LogP contribution in [0.5, 0.6) is 5.75 Å². The van der Waals surface area contributed by atoms with E-state index >= 15 is 0 Å². The quantitative estimate of drug-likeness (QED) is 0.527. The zero-order valence-corrected chi connectivity index (χ0v) is 18.4. The van der Waals surface area contributed by atoms with Crippen LogP contribution in [0.2, 0.25) is 0 Å². The van der Waals surface area contributed by atoms with E-state index in [0.717, 1.165) is 43.1 Å². The number of carbonyl (C=O) groups excluding carboxylic acids is 1. The number of halogens is 3. The van der Waals surface area contributed by atoms with Crippen LogP contribution in [0.4, 0.5) is 18.9 Å². The fourth-order valence-corrected chi connectivity index (χ4v) is 4.57. The molecule has 0 unspecified atom stereocenters. The van der Waals surface area contributed by atoms with Crippen LogP contribution in [0, 0.1) is 0 Å². The first-order valence-electron chi connectivity index (χ1n) is 11.3. The molecular formula is C26H24F3N3O2. The number of nitrogens with zero attached hydrogens (tertiary/aromatic N) is 1. The number of nitrogens with one attached hydrogen (secondary N) is 2. The molecule has 1 aliphatic carbocycles. The summed E-state index contributed by atoms with van der Waals surface area (Å²) in [6.07, 6.45) is 0.295. The Labute approximate surface area is 195 Å². The summed E-state index contributed by atoms with van der Waals surface area (Å²) >= 11 is 0. The fraction of sp³-hybridized carbons (Fsp3) is 0.308. The van der Waals surface area contributed by atoms with Gasteiger partial charge in [0.25, 0.3) is 5.91 Å². The van der Waals surface area contributed by atoms with E-state index in [0.29, 0.717) is 22.2 Å². The van der Waals surface area contributed by atoms with E-state index in [4.69, 9.17) is 4.74 Å². The molecule has 2 N–H and O–H groups in total. The fourth-order valence-electron chi connectivity index (χ4n) is 4.57. The van der Waals surface area contributed by atoms with Gasteiger partial charge in [-0.1, -0.05) is 36.4 Å². The lowest BCUT2D eigenvalue weighted by Crippen LogP contribution is -2.41. The topological polar surface area (TPSA) is 63.2 Å². The molecule has 1 fully saturated rings. The normalized spacial score (nSPS) is 20.1. The number of amides is 1. The number of ether oxygens (including phenoxy) is 1. The van der Waals surface area contributed by atoms with Gasteiger partial charge in [0, 0.05) is 28.7 Å². The molecular weight excluding hydrogens is 443 g/mol. The molecule has 0 saturated heterocycles.